The Morgan fingerprint density at radius 1 is 1.19 bits per heavy atom. The van der Waals surface area contributed by atoms with E-state index in [1.807, 2.05) is 0 Å². The number of aromatic nitrogens is 2. The van der Waals surface area contributed by atoms with Gasteiger partial charge in [-0.2, -0.15) is 22.7 Å². The maximum absolute atomic E-state index is 12.9. The molecule has 0 saturated carbocycles. The quantitative estimate of drug-likeness (QED) is 0.768. The number of hydrogen-bond acceptors (Lipinski definition) is 3. The molecule has 0 radical (unpaired) electrons. The van der Waals surface area contributed by atoms with Crippen molar-refractivity contribution in [2.75, 3.05) is 0 Å². The van der Waals surface area contributed by atoms with Crippen molar-refractivity contribution >= 4 is 0 Å². The summed E-state index contributed by atoms with van der Waals surface area (Å²) in [7, 11) is 0. The summed E-state index contributed by atoms with van der Waals surface area (Å²) >= 11 is 0. The van der Waals surface area contributed by atoms with Crippen LogP contribution in [0.3, 0.4) is 0 Å². The first-order chi connectivity index (χ1) is 7.27. The maximum atomic E-state index is 12.9. The van der Waals surface area contributed by atoms with E-state index in [9.17, 15) is 26.3 Å². The Labute approximate surface area is 85.0 Å². The second-order valence-electron chi connectivity index (χ2n) is 2.61. The van der Waals surface area contributed by atoms with Gasteiger partial charge in [0.2, 0.25) is 5.88 Å². The monoisotopic (exact) mass is 246 g/mol. The van der Waals surface area contributed by atoms with E-state index in [1.165, 1.54) is 0 Å². The molecule has 0 fully saturated rings. The minimum Gasteiger partial charge on any atom is -0.427 e. The second kappa shape index (κ2) is 4.14. The number of halogens is 6. The highest BCUT2D eigenvalue weighted by molar-refractivity contribution is 5.07. The van der Waals surface area contributed by atoms with Crippen molar-refractivity contribution in [3.05, 3.63) is 18.3 Å². The van der Waals surface area contributed by atoms with Gasteiger partial charge >= 0.3 is 18.5 Å². The van der Waals surface area contributed by atoms with Gasteiger partial charge in [-0.1, -0.05) is 0 Å². The zero-order chi connectivity index (χ0) is 12.4. The first-order valence-corrected chi connectivity index (χ1v) is 3.78. The van der Waals surface area contributed by atoms with Gasteiger partial charge in [-0.15, -0.1) is 5.10 Å². The highest BCUT2D eigenvalue weighted by atomic mass is 19.4. The lowest BCUT2D eigenvalue weighted by atomic mass is 10.3. The van der Waals surface area contributed by atoms with Crippen LogP contribution in [0.15, 0.2) is 18.3 Å². The Morgan fingerprint density at radius 2 is 1.81 bits per heavy atom. The number of rotatable bonds is 3. The predicted octanol–water partition coefficient (Wildman–Crippen LogP) is 2.35. The van der Waals surface area contributed by atoms with Crippen LogP contribution in [0, 0.1) is 0 Å². The van der Waals surface area contributed by atoms with Crippen LogP contribution >= 0.6 is 0 Å². The maximum Gasteiger partial charge on any atom is 0.466 e. The van der Waals surface area contributed by atoms with Crippen molar-refractivity contribution in [1.29, 1.82) is 0 Å². The highest BCUT2D eigenvalue weighted by Gasteiger charge is 2.66. The third-order valence-corrected chi connectivity index (χ3v) is 1.47. The fourth-order valence-electron chi connectivity index (χ4n) is 0.720. The van der Waals surface area contributed by atoms with E-state index in [-0.39, 0.29) is 0 Å². The van der Waals surface area contributed by atoms with Gasteiger partial charge in [0, 0.05) is 12.3 Å². The molecule has 0 bridgehead atoms. The lowest BCUT2D eigenvalue weighted by Crippen LogP contribution is -2.52. The number of ether oxygens (including phenoxy) is 1. The highest BCUT2D eigenvalue weighted by Crippen LogP contribution is 2.39. The average molecular weight is 246 g/mol. The van der Waals surface area contributed by atoms with Gasteiger partial charge < -0.3 is 4.74 Å². The van der Waals surface area contributed by atoms with Crippen LogP contribution in [-0.4, -0.2) is 28.7 Å². The van der Waals surface area contributed by atoms with Crippen molar-refractivity contribution in [2.24, 2.45) is 0 Å². The van der Waals surface area contributed by atoms with E-state index in [4.69, 9.17) is 0 Å². The Kier molecular flexibility index (Phi) is 3.24. The molecule has 0 aliphatic heterocycles. The van der Waals surface area contributed by atoms with Gasteiger partial charge in [-0.25, -0.2) is 8.78 Å². The van der Waals surface area contributed by atoms with Crippen LogP contribution in [0.2, 0.25) is 0 Å². The van der Waals surface area contributed by atoms with E-state index < -0.39 is 24.3 Å². The molecule has 0 saturated heterocycles. The van der Waals surface area contributed by atoms with Crippen molar-refractivity contribution in [3.8, 4) is 5.88 Å². The Bertz CT molecular complexity index is 342. The SMILES string of the molecule is FC(F)C(F)(Oc1cccnn1)C(F)(F)F. The first-order valence-electron chi connectivity index (χ1n) is 3.78. The summed E-state index contributed by atoms with van der Waals surface area (Å²) in [5.41, 5.74) is 0. The molecule has 0 N–H and O–H groups in total. The molecular weight excluding hydrogens is 242 g/mol. The van der Waals surface area contributed by atoms with Crippen LogP contribution < -0.4 is 4.74 Å². The largest absolute Gasteiger partial charge is 0.466 e. The Balaban J connectivity index is 2.98. The number of nitrogens with zero attached hydrogens (tertiary/aromatic N) is 2. The average Bonchev–Trinajstić information content (AvgIpc) is 2.17. The zero-order valence-corrected chi connectivity index (χ0v) is 7.38. The Morgan fingerprint density at radius 3 is 2.19 bits per heavy atom. The summed E-state index contributed by atoms with van der Waals surface area (Å²) < 4.78 is 76.5. The molecule has 90 valence electrons. The van der Waals surface area contributed by atoms with Gasteiger partial charge in [-0.3, -0.25) is 0 Å². The van der Waals surface area contributed by atoms with Gasteiger partial charge in [0.1, 0.15) is 0 Å². The van der Waals surface area contributed by atoms with Crippen molar-refractivity contribution < 1.29 is 31.1 Å². The lowest BCUT2D eigenvalue weighted by molar-refractivity contribution is -0.341. The molecular formula is C7H4F6N2O. The smallest absolute Gasteiger partial charge is 0.427 e. The minimum absolute atomic E-state index is 0.773. The van der Waals surface area contributed by atoms with Gasteiger partial charge in [0.25, 0.3) is 0 Å². The molecule has 1 atom stereocenters. The standard InChI is InChI=1S/C7H4F6N2O/c8-5(9)6(10,7(11,12)13)16-4-2-1-3-14-15-4/h1-3,5H. The summed E-state index contributed by atoms with van der Waals surface area (Å²) in [4.78, 5) is 0. The van der Waals surface area contributed by atoms with E-state index >= 15 is 0 Å². The third kappa shape index (κ3) is 2.34. The molecule has 3 nitrogen and oxygen atoms in total. The molecule has 0 aromatic carbocycles. The molecule has 1 rings (SSSR count). The summed E-state index contributed by atoms with van der Waals surface area (Å²) in [5, 5.41) is 5.97. The summed E-state index contributed by atoms with van der Waals surface area (Å²) in [6.07, 6.45) is -9.21. The first kappa shape index (κ1) is 12.5. The van der Waals surface area contributed by atoms with Crippen molar-refractivity contribution in [3.63, 3.8) is 0 Å². The molecule has 1 heterocycles. The van der Waals surface area contributed by atoms with E-state index in [0.717, 1.165) is 18.3 Å². The molecule has 9 heteroatoms. The molecule has 16 heavy (non-hydrogen) atoms. The van der Waals surface area contributed by atoms with Crippen LogP contribution in [0.4, 0.5) is 26.3 Å². The second-order valence-corrected chi connectivity index (χ2v) is 2.61. The van der Waals surface area contributed by atoms with E-state index in [1.54, 1.807) is 0 Å². The molecule has 1 aromatic heterocycles. The number of hydrogen-bond donors (Lipinski definition) is 0. The van der Waals surface area contributed by atoms with E-state index in [2.05, 4.69) is 14.9 Å². The van der Waals surface area contributed by atoms with Crippen molar-refractivity contribution in [2.45, 2.75) is 18.5 Å². The zero-order valence-electron chi connectivity index (χ0n) is 7.38. The molecule has 1 unspecified atom stereocenters. The van der Waals surface area contributed by atoms with Crippen LogP contribution in [-0.2, 0) is 0 Å². The fraction of sp³-hybridized carbons (Fsp3) is 0.429. The summed E-state index contributed by atoms with van der Waals surface area (Å²) in [6, 6.07) is 1.83. The van der Waals surface area contributed by atoms with Crippen LogP contribution in [0.25, 0.3) is 0 Å². The minimum atomic E-state index is -5.88. The Hall–Kier alpha value is -1.54. The normalized spacial score (nSPS) is 15.9. The predicted molar refractivity (Wildman–Crippen MR) is 38.6 cm³/mol. The molecule has 0 aliphatic rings. The lowest BCUT2D eigenvalue weighted by Gasteiger charge is -2.26. The molecule has 0 spiro atoms. The van der Waals surface area contributed by atoms with E-state index in [0.29, 0.717) is 0 Å². The van der Waals surface area contributed by atoms with Crippen LogP contribution in [0.5, 0.6) is 5.88 Å². The topological polar surface area (TPSA) is 35.0 Å². The van der Waals surface area contributed by atoms with Gasteiger partial charge in [0.05, 0.1) is 0 Å². The van der Waals surface area contributed by atoms with Crippen molar-refractivity contribution in [1.82, 2.24) is 10.2 Å². The van der Waals surface area contributed by atoms with Gasteiger partial charge in [0.15, 0.2) is 0 Å². The molecule has 0 amide bonds. The third-order valence-electron chi connectivity index (χ3n) is 1.47. The number of alkyl halides is 6. The summed E-state index contributed by atoms with van der Waals surface area (Å²) in [6.45, 7) is 0. The van der Waals surface area contributed by atoms with Gasteiger partial charge in [-0.05, 0) is 6.07 Å². The van der Waals surface area contributed by atoms with Crippen LogP contribution in [0.1, 0.15) is 0 Å². The fourth-order valence-corrected chi connectivity index (χ4v) is 0.720. The summed E-state index contributed by atoms with van der Waals surface area (Å²) in [5.74, 6) is -6.08. The molecule has 1 aromatic rings. The molecule has 0 aliphatic carbocycles.